The lowest BCUT2D eigenvalue weighted by molar-refractivity contribution is 0.146. The van der Waals surface area contributed by atoms with Gasteiger partial charge in [-0.2, -0.15) is 0 Å². The van der Waals surface area contributed by atoms with Crippen LogP contribution in [0.3, 0.4) is 0 Å². The molecule has 0 aliphatic carbocycles. The molecule has 0 aliphatic heterocycles. The largest absolute Gasteiger partial charge is 0.491 e. The van der Waals surface area contributed by atoms with Gasteiger partial charge in [-0.25, -0.2) is 8.42 Å². The number of hydrogen-bond acceptors (Lipinski definition) is 5. The number of benzene rings is 2. The Kier molecular flexibility index (Phi) is 5.92. The van der Waals surface area contributed by atoms with Crippen molar-refractivity contribution in [2.75, 3.05) is 25.0 Å². The number of nitrogens with one attached hydrogen (secondary N) is 1. The van der Waals surface area contributed by atoms with Gasteiger partial charge in [0.05, 0.1) is 17.2 Å². The van der Waals surface area contributed by atoms with Crippen molar-refractivity contribution < 1.29 is 17.9 Å². The first-order valence-electron chi connectivity index (χ1n) is 7.98. The van der Waals surface area contributed by atoms with Gasteiger partial charge in [0.1, 0.15) is 12.4 Å². The lowest BCUT2D eigenvalue weighted by atomic mass is 10.1. The summed E-state index contributed by atoms with van der Waals surface area (Å²) in [4.78, 5) is 1.18. The van der Waals surface area contributed by atoms with Crippen LogP contribution >= 0.6 is 11.3 Å². The lowest BCUT2D eigenvalue weighted by Crippen LogP contribution is -2.13. The minimum atomic E-state index is -3.69. The monoisotopic (exact) mass is 389 g/mol. The summed E-state index contributed by atoms with van der Waals surface area (Å²) in [5.41, 5.74) is 1.40. The standard InChI is InChI=1S/C19H19NO4S2/c1-23-12-13-24-15-8-10-16(11-9-15)26(21,22)20-18-6-3-2-5-17(18)19-7-4-14-25-19/h2-11,14,20H,12-13H2,1H3. The third-order valence-electron chi connectivity index (χ3n) is 3.65. The molecule has 1 heterocycles. The van der Waals surface area contributed by atoms with Crippen LogP contribution in [0.2, 0.25) is 0 Å². The molecule has 26 heavy (non-hydrogen) atoms. The third-order valence-corrected chi connectivity index (χ3v) is 5.93. The van der Waals surface area contributed by atoms with Crippen molar-refractivity contribution in [3.8, 4) is 16.2 Å². The summed E-state index contributed by atoms with van der Waals surface area (Å²) in [6.45, 7) is 0.885. The van der Waals surface area contributed by atoms with E-state index >= 15 is 0 Å². The smallest absolute Gasteiger partial charge is 0.261 e. The van der Waals surface area contributed by atoms with Crippen LogP contribution in [-0.2, 0) is 14.8 Å². The van der Waals surface area contributed by atoms with Crippen molar-refractivity contribution in [3.05, 3.63) is 66.0 Å². The first kappa shape index (κ1) is 18.4. The predicted octanol–water partition coefficient (Wildman–Crippen LogP) is 4.24. The molecule has 0 spiro atoms. The summed E-state index contributed by atoms with van der Waals surface area (Å²) >= 11 is 1.56. The van der Waals surface area contributed by atoms with Crippen LogP contribution in [0.25, 0.3) is 10.4 Å². The molecule has 0 saturated carbocycles. The van der Waals surface area contributed by atoms with Crippen molar-refractivity contribution in [2.45, 2.75) is 4.90 Å². The third kappa shape index (κ3) is 4.43. The minimum Gasteiger partial charge on any atom is -0.491 e. The molecule has 3 aromatic rings. The second-order valence-corrected chi connectivity index (χ2v) is 8.07. The second-order valence-electron chi connectivity index (χ2n) is 5.44. The molecule has 1 aromatic heterocycles. The van der Waals surface area contributed by atoms with E-state index in [2.05, 4.69) is 4.72 Å². The zero-order valence-corrected chi connectivity index (χ0v) is 15.8. The van der Waals surface area contributed by atoms with Crippen LogP contribution < -0.4 is 9.46 Å². The van der Waals surface area contributed by atoms with Crippen LogP contribution in [0.1, 0.15) is 0 Å². The van der Waals surface area contributed by atoms with Crippen molar-refractivity contribution in [2.24, 2.45) is 0 Å². The first-order valence-corrected chi connectivity index (χ1v) is 10.3. The maximum Gasteiger partial charge on any atom is 0.261 e. The topological polar surface area (TPSA) is 64.6 Å². The molecule has 0 fully saturated rings. The van der Waals surface area contributed by atoms with Crippen LogP contribution in [0.15, 0.2) is 70.9 Å². The van der Waals surface area contributed by atoms with E-state index in [0.29, 0.717) is 24.7 Å². The van der Waals surface area contributed by atoms with Gasteiger partial charge in [-0.15, -0.1) is 11.3 Å². The Labute approximate surface area is 157 Å². The Morgan fingerprint density at radius 3 is 2.42 bits per heavy atom. The van der Waals surface area contributed by atoms with Gasteiger partial charge in [-0.05, 0) is 41.8 Å². The molecular formula is C19H19NO4S2. The van der Waals surface area contributed by atoms with Gasteiger partial charge in [0.2, 0.25) is 0 Å². The molecule has 0 aliphatic rings. The zero-order chi connectivity index (χ0) is 18.4. The Morgan fingerprint density at radius 1 is 0.962 bits per heavy atom. The number of para-hydroxylation sites is 1. The second kappa shape index (κ2) is 8.35. The molecule has 0 amide bonds. The van der Waals surface area contributed by atoms with E-state index < -0.39 is 10.0 Å². The van der Waals surface area contributed by atoms with E-state index in [1.807, 2.05) is 35.7 Å². The van der Waals surface area contributed by atoms with Gasteiger partial charge in [-0.1, -0.05) is 24.3 Å². The van der Waals surface area contributed by atoms with Gasteiger partial charge >= 0.3 is 0 Å². The molecule has 136 valence electrons. The van der Waals surface area contributed by atoms with E-state index in [4.69, 9.17) is 9.47 Å². The minimum absolute atomic E-state index is 0.178. The van der Waals surface area contributed by atoms with Crippen molar-refractivity contribution in [3.63, 3.8) is 0 Å². The highest BCUT2D eigenvalue weighted by Gasteiger charge is 2.17. The predicted molar refractivity (Wildman–Crippen MR) is 104 cm³/mol. The average Bonchev–Trinajstić information content (AvgIpc) is 3.17. The van der Waals surface area contributed by atoms with E-state index in [1.54, 1.807) is 36.6 Å². The van der Waals surface area contributed by atoms with Crippen molar-refractivity contribution >= 4 is 27.0 Å². The molecule has 7 heteroatoms. The van der Waals surface area contributed by atoms with Crippen molar-refractivity contribution in [1.82, 2.24) is 0 Å². The Balaban J connectivity index is 1.80. The Bertz CT molecular complexity index is 936. The Hall–Kier alpha value is -2.35. The number of rotatable bonds is 8. The summed E-state index contributed by atoms with van der Waals surface area (Å²) < 4.78 is 38.5. The number of anilines is 1. The van der Waals surface area contributed by atoms with E-state index in [9.17, 15) is 8.42 Å². The number of hydrogen-bond donors (Lipinski definition) is 1. The molecular weight excluding hydrogens is 370 g/mol. The quantitative estimate of drug-likeness (QED) is 0.585. The van der Waals surface area contributed by atoms with Crippen molar-refractivity contribution in [1.29, 1.82) is 0 Å². The maximum absolute atomic E-state index is 12.7. The molecule has 0 saturated heterocycles. The number of ether oxygens (including phenoxy) is 2. The SMILES string of the molecule is COCCOc1ccc(S(=O)(=O)Nc2ccccc2-c2cccs2)cc1. The summed E-state index contributed by atoms with van der Waals surface area (Å²) in [6.07, 6.45) is 0. The lowest BCUT2D eigenvalue weighted by Gasteiger charge is -2.12. The Morgan fingerprint density at radius 2 is 1.73 bits per heavy atom. The van der Waals surface area contributed by atoms with Crippen LogP contribution in [0.4, 0.5) is 5.69 Å². The van der Waals surface area contributed by atoms with Gasteiger partial charge in [0, 0.05) is 17.6 Å². The van der Waals surface area contributed by atoms with E-state index in [0.717, 1.165) is 10.4 Å². The highest BCUT2D eigenvalue weighted by Crippen LogP contribution is 2.32. The van der Waals surface area contributed by atoms with E-state index in [1.165, 1.54) is 12.1 Å². The molecule has 0 atom stereocenters. The average molecular weight is 389 g/mol. The molecule has 5 nitrogen and oxygen atoms in total. The summed E-state index contributed by atoms with van der Waals surface area (Å²) in [7, 11) is -2.10. The molecule has 0 unspecified atom stereocenters. The fourth-order valence-corrected chi connectivity index (χ4v) is 4.23. The number of thiophene rings is 1. The first-order chi connectivity index (χ1) is 12.6. The van der Waals surface area contributed by atoms with Crippen LogP contribution in [-0.4, -0.2) is 28.7 Å². The number of methoxy groups -OCH3 is 1. The summed E-state index contributed by atoms with van der Waals surface area (Å²) in [5.74, 6) is 0.597. The highest BCUT2D eigenvalue weighted by atomic mass is 32.2. The van der Waals surface area contributed by atoms with Gasteiger partial charge < -0.3 is 9.47 Å². The molecule has 3 rings (SSSR count). The van der Waals surface area contributed by atoms with Gasteiger partial charge in [0.25, 0.3) is 10.0 Å². The fraction of sp³-hybridized carbons (Fsp3) is 0.158. The molecule has 0 bridgehead atoms. The number of sulfonamides is 1. The normalized spacial score (nSPS) is 11.3. The van der Waals surface area contributed by atoms with Crippen LogP contribution in [0, 0.1) is 0 Å². The molecule has 1 N–H and O–H groups in total. The van der Waals surface area contributed by atoms with Gasteiger partial charge in [0.15, 0.2) is 0 Å². The van der Waals surface area contributed by atoms with Crippen LogP contribution in [0.5, 0.6) is 5.75 Å². The summed E-state index contributed by atoms with van der Waals surface area (Å²) in [6, 6.07) is 17.6. The zero-order valence-electron chi connectivity index (χ0n) is 14.2. The van der Waals surface area contributed by atoms with Gasteiger partial charge in [-0.3, -0.25) is 4.72 Å². The molecule has 2 aromatic carbocycles. The highest BCUT2D eigenvalue weighted by molar-refractivity contribution is 7.92. The fourth-order valence-electron chi connectivity index (χ4n) is 2.38. The maximum atomic E-state index is 12.7. The molecule has 0 radical (unpaired) electrons. The summed E-state index contributed by atoms with van der Waals surface area (Å²) in [5, 5.41) is 1.96. The van der Waals surface area contributed by atoms with E-state index in [-0.39, 0.29) is 4.90 Å².